The monoisotopic (exact) mass is 408 g/mol. The molecule has 2 aromatic rings. The van der Waals surface area contributed by atoms with Crippen LogP contribution in [0.5, 0.6) is 0 Å². The average molecular weight is 409 g/mol. The van der Waals surface area contributed by atoms with E-state index in [4.69, 9.17) is 4.42 Å². The largest absolute Gasteiger partial charge is 0.463 e. The summed E-state index contributed by atoms with van der Waals surface area (Å²) in [6.07, 6.45) is 3.70. The molecule has 2 rings (SSSR count). The van der Waals surface area contributed by atoms with Crippen molar-refractivity contribution in [2.24, 2.45) is 7.05 Å². The number of amides is 2. The van der Waals surface area contributed by atoms with Crippen LogP contribution in [0.2, 0.25) is 0 Å². The number of hydrogen-bond donors (Lipinski definition) is 2. The molecule has 0 saturated heterocycles. The van der Waals surface area contributed by atoms with E-state index in [2.05, 4.69) is 33.9 Å². The smallest absolute Gasteiger partial charge is 0.330 e. The van der Waals surface area contributed by atoms with Gasteiger partial charge in [0.2, 0.25) is 0 Å². The maximum atomic E-state index is 12.5. The number of carbonyl (C=O) groups excluding carboxylic acids is 1. The van der Waals surface area contributed by atoms with Gasteiger partial charge in [-0.25, -0.2) is 4.79 Å². The van der Waals surface area contributed by atoms with Crippen LogP contribution < -0.4 is 14.3 Å². The van der Waals surface area contributed by atoms with E-state index >= 15 is 0 Å². The molecule has 0 aliphatic heterocycles. The number of hydrogen-bond acceptors (Lipinski definition) is 6. The molecule has 2 N–H and O–H groups in total. The van der Waals surface area contributed by atoms with Crippen molar-refractivity contribution in [3.8, 4) is 0 Å². The number of aromatic nitrogens is 2. The fraction of sp³-hybridized carbons (Fsp3) is 0.579. The van der Waals surface area contributed by atoms with Crippen LogP contribution in [0.4, 0.5) is 16.2 Å². The summed E-state index contributed by atoms with van der Waals surface area (Å²) in [4.78, 5) is 14.6. The zero-order valence-electron chi connectivity index (χ0n) is 17.8. The van der Waals surface area contributed by atoms with Crippen LogP contribution in [0.3, 0.4) is 0 Å². The molecule has 156 valence electrons. The first-order chi connectivity index (χ1) is 13.2. The van der Waals surface area contributed by atoms with Gasteiger partial charge in [-0.3, -0.25) is 13.7 Å². The summed E-state index contributed by atoms with van der Waals surface area (Å²) >= 11 is 1.25. The Labute approximate surface area is 171 Å². The van der Waals surface area contributed by atoms with Gasteiger partial charge in [-0.15, -0.1) is 0 Å². The zero-order chi connectivity index (χ0) is 20.8. The third-order valence-corrected chi connectivity index (χ3v) is 4.99. The lowest BCUT2D eigenvalue weighted by molar-refractivity contribution is 0.257. The molecule has 8 nitrogen and oxygen atoms in total. The number of rotatable bonds is 9. The second-order valence-corrected chi connectivity index (χ2v) is 8.49. The van der Waals surface area contributed by atoms with E-state index in [1.807, 2.05) is 51.6 Å². The Balaban J connectivity index is 2.02. The van der Waals surface area contributed by atoms with Gasteiger partial charge >= 0.3 is 6.03 Å². The SMILES string of the molecule is CC(C)c1cc(NC(=O)NSN(CCN(C)C)c2cnn(C)c2)c(C(C)C)o1. The first-order valence-electron chi connectivity index (χ1n) is 9.45. The molecular weight excluding hydrogens is 376 g/mol. The Hall–Kier alpha value is -2.13. The quantitative estimate of drug-likeness (QED) is 0.610. The number of furan rings is 1. The minimum atomic E-state index is -0.290. The summed E-state index contributed by atoms with van der Waals surface area (Å²) in [5.41, 5.74) is 1.65. The molecular formula is C19H32N6O2S. The first kappa shape index (κ1) is 22.2. The molecule has 0 fully saturated rings. The molecule has 2 heterocycles. The third kappa shape index (κ3) is 6.20. The first-order valence-corrected chi connectivity index (χ1v) is 10.2. The van der Waals surface area contributed by atoms with Crippen molar-refractivity contribution in [2.75, 3.05) is 36.8 Å². The molecule has 0 aliphatic carbocycles. The van der Waals surface area contributed by atoms with Crippen molar-refractivity contribution in [2.45, 2.75) is 39.5 Å². The molecule has 0 bridgehead atoms. The van der Waals surface area contributed by atoms with Crippen LogP contribution in [-0.2, 0) is 7.05 Å². The summed E-state index contributed by atoms with van der Waals surface area (Å²) in [7, 11) is 5.91. The van der Waals surface area contributed by atoms with Crippen LogP contribution >= 0.6 is 12.1 Å². The van der Waals surface area contributed by atoms with Gasteiger partial charge in [-0.2, -0.15) is 5.10 Å². The van der Waals surface area contributed by atoms with Crippen molar-refractivity contribution in [3.63, 3.8) is 0 Å². The van der Waals surface area contributed by atoms with Gasteiger partial charge in [0.1, 0.15) is 11.5 Å². The number of urea groups is 1. The number of nitrogens with zero attached hydrogens (tertiary/aromatic N) is 4. The fourth-order valence-corrected chi connectivity index (χ4v) is 3.15. The van der Waals surface area contributed by atoms with Crippen LogP contribution in [-0.4, -0.2) is 47.9 Å². The van der Waals surface area contributed by atoms with E-state index in [0.717, 1.165) is 36.0 Å². The molecule has 2 amide bonds. The summed E-state index contributed by atoms with van der Waals surface area (Å²) in [6.45, 7) is 9.82. The van der Waals surface area contributed by atoms with Crippen LogP contribution in [0.25, 0.3) is 0 Å². The Bertz CT molecular complexity index is 768. The zero-order valence-corrected chi connectivity index (χ0v) is 18.6. The number of carbonyl (C=O) groups is 1. The van der Waals surface area contributed by atoms with E-state index in [1.165, 1.54) is 12.1 Å². The lowest BCUT2D eigenvalue weighted by Crippen LogP contribution is -2.32. The molecule has 28 heavy (non-hydrogen) atoms. The van der Waals surface area contributed by atoms with E-state index in [0.29, 0.717) is 0 Å². The molecule has 0 atom stereocenters. The molecule has 9 heteroatoms. The predicted molar refractivity (Wildman–Crippen MR) is 116 cm³/mol. The summed E-state index contributed by atoms with van der Waals surface area (Å²) in [5, 5.41) is 7.14. The van der Waals surface area contributed by atoms with Crippen LogP contribution in [0.15, 0.2) is 22.9 Å². The van der Waals surface area contributed by atoms with Crippen LogP contribution in [0, 0.1) is 0 Å². The number of nitrogens with one attached hydrogen (secondary N) is 2. The van der Waals surface area contributed by atoms with Crippen LogP contribution in [0.1, 0.15) is 51.1 Å². The summed E-state index contributed by atoms with van der Waals surface area (Å²) < 4.78 is 12.5. The van der Waals surface area contributed by atoms with Gasteiger partial charge in [0.25, 0.3) is 0 Å². The highest BCUT2D eigenvalue weighted by atomic mass is 32.2. The number of likely N-dealkylation sites (N-methyl/N-ethyl adjacent to an activating group) is 1. The predicted octanol–water partition coefficient (Wildman–Crippen LogP) is 4.01. The number of anilines is 2. The summed E-state index contributed by atoms with van der Waals surface area (Å²) in [6, 6.07) is 1.62. The van der Waals surface area contributed by atoms with Crippen molar-refractivity contribution < 1.29 is 9.21 Å². The van der Waals surface area contributed by atoms with E-state index in [1.54, 1.807) is 10.9 Å². The molecule has 0 aliphatic rings. The van der Waals surface area contributed by atoms with Gasteiger partial charge in [-0.05, 0) is 14.1 Å². The van der Waals surface area contributed by atoms with Crippen molar-refractivity contribution in [1.29, 1.82) is 0 Å². The van der Waals surface area contributed by atoms with Gasteiger partial charge < -0.3 is 14.6 Å². The van der Waals surface area contributed by atoms with Crippen molar-refractivity contribution in [3.05, 3.63) is 30.0 Å². The van der Waals surface area contributed by atoms with Crippen molar-refractivity contribution >= 4 is 29.5 Å². The molecule has 0 unspecified atom stereocenters. The van der Waals surface area contributed by atoms with Crippen molar-refractivity contribution in [1.82, 2.24) is 19.4 Å². The fourth-order valence-electron chi connectivity index (χ4n) is 2.54. The molecule has 0 aromatic carbocycles. The Kier molecular flexibility index (Phi) is 7.82. The molecule has 2 aromatic heterocycles. The standard InChI is InChI=1S/C19H32N6O2S/c1-13(2)17-10-16(18(27-17)14(3)4)21-19(26)22-28-25(9-8-23(5)6)15-11-20-24(7)12-15/h10-14H,8-9H2,1-7H3,(H2,21,22,26). The lowest BCUT2D eigenvalue weighted by Gasteiger charge is -2.23. The maximum Gasteiger partial charge on any atom is 0.330 e. The topological polar surface area (TPSA) is 78.6 Å². The highest BCUT2D eigenvalue weighted by Gasteiger charge is 2.19. The number of aryl methyl sites for hydroxylation is 1. The highest BCUT2D eigenvalue weighted by Crippen LogP contribution is 2.31. The van der Waals surface area contributed by atoms with Gasteiger partial charge in [0.05, 0.1) is 29.7 Å². The minimum Gasteiger partial charge on any atom is -0.463 e. The van der Waals surface area contributed by atoms with Gasteiger partial charge in [0, 0.05) is 44.2 Å². The van der Waals surface area contributed by atoms with E-state index < -0.39 is 0 Å². The van der Waals surface area contributed by atoms with Gasteiger partial charge in [-0.1, -0.05) is 27.7 Å². The Morgan fingerprint density at radius 3 is 2.50 bits per heavy atom. The molecule has 0 saturated carbocycles. The maximum absolute atomic E-state index is 12.5. The normalized spacial score (nSPS) is 11.5. The molecule has 0 spiro atoms. The van der Waals surface area contributed by atoms with E-state index in [9.17, 15) is 4.79 Å². The average Bonchev–Trinajstić information content (AvgIpc) is 3.21. The molecule has 0 radical (unpaired) electrons. The Morgan fingerprint density at radius 1 is 1.25 bits per heavy atom. The highest BCUT2D eigenvalue weighted by molar-refractivity contribution is 7.99. The minimum absolute atomic E-state index is 0.183. The van der Waals surface area contributed by atoms with E-state index in [-0.39, 0.29) is 17.9 Å². The second kappa shape index (κ2) is 9.88. The third-order valence-electron chi connectivity index (χ3n) is 4.10. The lowest BCUT2D eigenvalue weighted by atomic mass is 10.1. The van der Waals surface area contributed by atoms with Gasteiger partial charge in [0.15, 0.2) is 0 Å². The second-order valence-electron chi connectivity index (χ2n) is 7.66. The summed E-state index contributed by atoms with van der Waals surface area (Å²) in [5.74, 6) is 2.11. The Morgan fingerprint density at radius 2 is 1.96 bits per heavy atom.